The standard InChI is InChI=1S/C14H14F3N3O2/c1-8(21)10-4-2-9(3-5-10)6-18-13(22)11-12(14(15,16)17)20-7-19-11/h2-5,7-8,21H,6H2,1H3,(H,18,22)(H,19,20). The first-order valence-corrected chi connectivity index (χ1v) is 6.44. The summed E-state index contributed by atoms with van der Waals surface area (Å²) in [7, 11) is 0. The van der Waals surface area contributed by atoms with E-state index in [0.29, 0.717) is 11.1 Å². The van der Waals surface area contributed by atoms with Crippen molar-refractivity contribution >= 4 is 5.91 Å². The van der Waals surface area contributed by atoms with Crippen LogP contribution < -0.4 is 5.32 Å². The number of amides is 1. The van der Waals surface area contributed by atoms with Crippen molar-refractivity contribution in [3.05, 3.63) is 53.1 Å². The molecule has 0 aliphatic rings. The number of H-pyrrole nitrogens is 1. The maximum atomic E-state index is 12.7. The first-order chi connectivity index (χ1) is 10.3. The number of aliphatic hydroxyl groups excluding tert-OH is 1. The van der Waals surface area contributed by atoms with E-state index in [1.807, 2.05) is 4.98 Å². The Labute approximate surface area is 124 Å². The number of aliphatic hydroxyl groups is 1. The Hall–Kier alpha value is -2.35. The quantitative estimate of drug-likeness (QED) is 0.811. The zero-order valence-corrected chi connectivity index (χ0v) is 11.6. The number of hydrogen-bond donors (Lipinski definition) is 3. The number of carbonyl (C=O) groups is 1. The van der Waals surface area contributed by atoms with Gasteiger partial charge in [-0.1, -0.05) is 24.3 Å². The monoisotopic (exact) mass is 313 g/mol. The Kier molecular flexibility index (Phi) is 4.51. The number of carbonyl (C=O) groups excluding carboxylic acids is 1. The van der Waals surface area contributed by atoms with E-state index in [0.717, 1.165) is 6.33 Å². The van der Waals surface area contributed by atoms with Crippen LogP contribution in [0.2, 0.25) is 0 Å². The molecule has 1 heterocycles. The highest BCUT2D eigenvalue weighted by molar-refractivity contribution is 5.93. The summed E-state index contributed by atoms with van der Waals surface area (Å²) in [6.07, 6.45) is -4.45. The molecule has 2 aromatic rings. The maximum absolute atomic E-state index is 12.7. The second-order valence-corrected chi connectivity index (χ2v) is 4.72. The van der Waals surface area contributed by atoms with Crippen molar-refractivity contribution < 1.29 is 23.1 Å². The zero-order valence-electron chi connectivity index (χ0n) is 11.6. The Morgan fingerprint density at radius 1 is 1.36 bits per heavy atom. The van der Waals surface area contributed by atoms with E-state index in [4.69, 9.17) is 0 Å². The molecule has 0 saturated carbocycles. The summed E-state index contributed by atoms with van der Waals surface area (Å²) in [6.45, 7) is 1.68. The summed E-state index contributed by atoms with van der Waals surface area (Å²) < 4.78 is 38.0. The van der Waals surface area contributed by atoms with Crippen LogP contribution in [0.1, 0.15) is 40.3 Å². The molecular formula is C14H14F3N3O2. The Bertz CT molecular complexity index is 648. The second kappa shape index (κ2) is 6.18. The number of halogens is 3. The second-order valence-electron chi connectivity index (χ2n) is 4.72. The number of hydrogen-bond acceptors (Lipinski definition) is 3. The number of imidazole rings is 1. The molecule has 0 fully saturated rings. The molecule has 22 heavy (non-hydrogen) atoms. The van der Waals surface area contributed by atoms with E-state index in [2.05, 4.69) is 10.3 Å². The van der Waals surface area contributed by atoms with Gasteiger partial charge in [0, 0.05) is 6.54 Å². The smallest absolute Gasteiger partial charge is 0.389 e. The lowest BCUT2D eigenvalue weighted by Crippen LogP contribution is -2.26. The third-order valence-electron chi connectivity index (χ3n) is 3.05. The number of alkyl halides is 3. The molecule has 0 radical (unpaired) electrons. The largest absolute Gasteiger partial charge is 0.433 e. The molecule has 0 aliphatic carbocycles. The minimum absolute atomic E-state index is 0.0586. The summed E-state index contributed by atoms with van der Waals surface area (Å²) >= 11 is 0. The topological polar surface area (TPSA) is 78.0 Å². The van der Waals surface area contributed by atoms with Crippen molar-refractivity contribution in [2.24, 2.45) is 0 Å². The lowest BCUT2D eigenvalue weighted by Gasteiger charge is -2.09. The fourth-order valence-corrected chi connectivity index (χ4v) is 1.86. The molecule has 1 amide bonds. The van der Waals surface area contributed by atoms with Gasteiger partial charge in [0.15, 0.2) is 11.4 Å². The minimum atomic E-state index is -4.66. The van der Waals surface area contributed by atoms with Crippen molar-refractivity contribution in [1.29, 1.82) is 0 Å². The van der Waals surface area contributed by atoms with Gasteiger partial charge in [-0.05, 0) is 18.1 Å². The summed E-state index contributed by atoms with van der Waals surface area (Å²) in [5, 5.41) is 11.8. The van der Waals surface area contributed by atoms with Crippen molar-refractivity contribution in [1.82, 2.24) is 15.3 Å². The zero-order chi connectivity index (χ0) is 16.3. The van der Waals surface area contributed by atoms with Gasteiger partial charge in [0.1, 0.15) is 0 Å². The van der Waals surface area contributed by atoms with Gasteiger partial charge in [-0.25, -0.2) is 4.98 Å². The van der Waals surface area contributed by atoms with Crippen LogP contribution in [0.15, 0.2) is 30.6 Å². The number of aromatic amines is 1. The normalized spacial score (nSPS) is 13.0. The molecule has 1 atom stereocenters. The predicted molar refractivity (Wildman–Crippen MR) is 71.8 cm³/mol. The highest BCUT2D eigenvalue weighted by atomic mass is 19.4. The van der Waals surface area contributed by atoms with Gasteiger partial charge in [0.25, 0.3) is 5.91 Å². The first-order valence-electron chi connectivity index (χ1n) is 6.44. The fourth-order valence-electron chi connectivity index (χ4n) is 1.86. The number of nitrogens with one attached hydrogen (secondary N) is 2. The summed E-state index contributed by atoms with van der Waals surface area (Å²) in [5.74, 6) is -0.909. The Balaban J connectivity index is 2.03. The van der Waals surface area contributed by atoms with Crippen LogP contribution in [-0.2, 0) is 12.7 Å². The van der Waals surface area contributed by atoms with Crippen molar-refractivity contribution in [3.8, 4) is 0 Å². The van der Waals surface area contributed by atoms with Crippen LogP contribution in [0.5, 0.6) is 0 Å². The minimum Gasteiger partial charge on any atom is -0.389 e. The highest BCUT2D eigenvalue weighted by Crippen LogP contribution is 2.29. The fraction of sp³-hybridized carbons (Fsp3) is 0.286. The van der Waals surface area contributed by atoms with E-state index >= 15 is 0 Å². The van der Waals surface area contributed by atoms with Crippen LogP contribution >= 0.6 is 0 Å². The van der Waals surface area contributed by atoms with Crippen LogP contribution in [0.4, 0.5) is 13.2 Å². The molecule has 1 aromatic heterocycles. The summed E-state index contributed by atoms with van der Waals surface area (Å²) in [4.78, 5) is 17.1. The van der Waals surface area contributed by atoms with E-state index in [1.165, 1.54) is 0 Å². The Morgan fingerprint density at radius 2 is 2.00 bits per heavy atom. The van der Waals surface area contributed by atoms with Gasteiger partial charge in [0.05, 0.1) is 12.4 Å². The average molecular weight is 313 g/mol. The maximum Gasteiger partial charge on any atom is 0.433 e. The van der Waals surface area contributed by atoms with E-state index < -0.39 is 29.6 Å². The molecule has 0 spiro atoms. The number of aromatic nitrogens is 2. The van der Waals surface area contributed by atoms with E-state index in [1.54, 1.807) is 31.2 Å². The molecule has 0 aliphatic heterocycles. The lowest BCUT2D eigenvalue weighted by atomic mass is 10.1. The van der Waals surface area contributed by atoms with E-state index in [9.17, 15) is 23.1 Å². The first kappa shape index (κ1) is 16.0. The van der Waals surface area contributed by atoms with Gasteiger partial charge in [-0.2, -0.15) is 13.2 Å². The van der Waals surface area contributed by atoms with Crippen LogP contribution in [-0.4, -0.2) is 21.0 Å². The molecule has 0 saturated heterocycles. The molecule has 1 unspecified atom stereocenters. The molecule has 3 N–H and O–H groups in total. The van der Waals surface area contributed by atoms with Gasteiger partial charge < -0.3 is 15.4 Å². The molecule has 118 valence electrons. The van der Waals surface area contributed by atoms with Gasteiger partial charge in [-0.3, -0.25) is 4.79 Å². The molecule has 8 heteroatoms. The van der Waals surface area contributed by atoms with Crippen molar-refractivity contribution in [2.75, 3.05) is 0 Å². The van der Waals surface area contributed by atoms with Crippen molar-refractivity contribution in [3.63, 3.8) is 0 Å². The predicted octanol–water partition coefficient (Wildman–Crippen LogP) is 2.41. The third-order valence-corrected chi connectivity index (χ3v) is 3.05. The van der Waals surface area contributed by atoms with E-state index in [-0.39, 0.29) is 6.54 Å². The van der Waals surface area contributed by atoms with Crippen LogP contribution in [0, 0.1) is 0 Å². The molecule has 0 bridgehead atoms. The molecule has 5 nitrogen and oxygen atoms in total. The van der Waals surface area contributed by atoms with Gasteiger partial charge >= 0.3 is 6.18 Å². The number of rotatable bonds is 4. The van der Waals surface area contributed by atoms with Gasteiger partial charge in [-0.15, -0.1) is 0 Å². The SMILES string of the molecule is CC(O)c1ccc(CNC(=O)c2nc[nH]c2C(F)(F)F)cc1. The summed E-state index contributed by atoms with van der Waals surface area (Å²) in [5.41, 5.74) is -0.453. The van der Waals surface area contributed by atoms with Crippen LogP contribution in [0.3, 0.4) is 0 Å². The molecular weight excluding hydrogens is 299 g/mol. The van der Waals surface area contributed by atoms with Gasteiger partial charge in [0.2, 0.25) is 0 Å². The molecule has 2 rings (SSSR count). The third kappa shape index (κ3) is 3.64. The number of nitrogens with zero attached hydrogens (tertiary/aromatic N) is 1. The highest BCUT2D eigenvalue weighted by Gasteiger charge is 2.37. The van der Waals surface area contributed by atoms with Crippen molar-refractivity contribution in [2.45, 2.75) is 25.7 Å². The van der Waals surface area contributed by atoms with Crippen LogP contribution in [0.25, 0.3) is 0 Å². The lowest BCUT2D eigenvalue weighted by molar-refractivity contribution is -0.141. The Morgan fingerprint density at radius 3 is 2.55 bits per heavy atom. The molecule has 1 aromatic carbocycles. The number of benzene rings is 1. The summed E-state index contributed by atoms with van der Waals surface area (Å²) in [6, 6.07) is 6.72. The average Bonchev–Trinajstić information content (AvgIpc) is 2.94.